The largest absolute Gasteiger partial charge is 1.00 e. The molecule has 5 nitrogen and oxygen atoms in total. The topological polar surface area (TPSA) is 52.4 Å². The van der Waals surface area contributed by atoms with Crippen LogP contribution < -0.4 is 117 Å². The molecule has 0 aliphatic rings. The molecule has 0 atom stereocenters. The summed E-state index contributed by atoms with van der Waals surface area (Å²) in [7, 11) is 0. The molecular weight excluding hydrogens is 715 g/mol. The monoisotopic (exact) mass is 736 g/mol. The Hall–Kier alpha value is -1.53. The van der Waals surface area contributed by atoms with Crippen molar-refractivity contribution in [1.29, 1.82) is 0 Å². The van der Waals surface area contributed by atoms with Crippen LogP contribution in [0.3, 0.4) is 0 Å². The second-order valence-electron chi connectivity index (χ2n) is 9.71. The van der Waals surface area contributed by atoms with Crippen molar-refractivity contribution >= 4 is 104 Å². The summed E-state index contributed by atoms with van der Waals surface area (Å²) in [6, 6.07) is 38.6. The quantitative estimate of drug-likeness (QED) is 0.102. The summed E-state index contributed by atoms with van der Waals surface area (Å²) in [4.78, 5) is 9.33. The van der Waals surface area contributed by atoms with Crippen molar-refractivity contribution in [1.82, 2.24) is 0 Å². The molecule has 0 saturated heterocycles. The summed E-state index contributed by atoms with van der Waals surface area (Å²) < 4.78 is 17.4. The molecule has 0 aliphatic carbocycles. The molecule has 0 fully saturated rings. The van der Waals surface area contributed by atoms with Crippen LogP contribution in [0.1, 0.15) is 11.1 Å². The molecule has 0 N–H and O–H groups in total. The smallest absolute Gasteiger partial charge is 0.477 e. The van der Waals surface area contributed by atoms with E-state index in [1.807, 2.05) is 121 Å². The predicted octanol–water partition coefficient (Wildman–Crippen LogP) is 3.72. The predicted molar refractivity (Wildman–Crippen MR) is 197 cm³/mol. The van der Waals surface area contributed by atoms with E-state index < -0.39 is 0 Å². The van der Waals surface area contributed by atoms with Crippen molar-refractivity contribution in [2.24, 2.45) is 9.98 Å². The molecule has 0 aliphatic heterocycles. The zero-order valence-corrected chi connectivity index (χ0v) is 35.0. The van der Waals surface area contributed by atoms with Gasteiger partial charge >= 0.3 is 103 Å². The summed E-state index contributed by atoms with van der Waals surface area (Å²) in [5.74, 6) is 2.48. The zero-order chi connectivity index (χ0) is 31.2. The number of benzene rings is 6. The summed E-state index contributed by atoms with van der Waals surface area (Å²) in [5.41, 5.74) is 3.11. The van der Waals surface area contributed by atoms with Crippen LogP contribution in [0.4, 0.5) is 11.4 Å². The van der Waals surface area contributed by atoms with Gasteiger partial charge in [-0.2, -0.15) is 0 Å². The van der Waals surface area contributed by atoms with Crippen molar-refractivity contribution in [3.8, 4) is 23.0 Å². The Kier molecular flexibility index (Phi) is 15.0. The van der Waals surface area contributed by atoms with Crippen LogP contribution in [-0.4, -0.2) is 21.2 Å². The van der Waals surface area contributed by atoms with Crippen LogP contribution >= 0.6 is 24.4 Å². The molecule has 6 aromatic rings. The normalized spacial score (nSPS) is 10.8. The van der Waals surface area contributed by atoms with Crippen molar-refractivity contribution in [2.45, 2.75) is 0 Å². The van der Waals surface area contributed by atoms with Gasteiger partial charge in [0.2, 0.25) is 0 Å². The third kappa shape index (κ3) is 10.2. The molecule has 0 heterocycles. The zero-order valence-electron chi connectivity index (χ0n) is 25.5. The summed E-state index contributed by atoms with van der Waals surface area (Å²) in [6.07, 6.45) is 3.53. The number of ether oxygens (including phenoxy) is 3. The Morgan fingerprint density at radius 1 is 0.511 bits per heavy atom. The van der Waals surface area contributed by atoms with E-state index in [4.69, 9.17) is 63.9 Å². The molecule has 0 bridgehead atoms. The van der Waals surface area contributed by atoms with Crippen molar-refractivity contribution in [3.05, 3.63) is 132 Å². The molecule has 47 heavy (non-hydrogen) atoms. The number of aliphatic imine (C=N–C) groups is 2. The summed E-state index contributed by atoms with van der Waals surface area (Å²) in [6.45, 7) is 0. The maximum atomic E-state index is 6.06. The van der Waals surface area contributed by atoms with E-state index >= 15 is 0 Å². The van der Waals surface area contributed by atoms with Crippen LogP contribution in [0.5, 0.6) is 23.0 Å². The number of thiocarbonyl (C=S) groups is 2. The van der Waals surface area contributed by atoms with E-state index in [1.54, 1.807) is 12.4 Å². The molecule has 0 spiro atoms. The Labute approximate surface area is 379 Å². The minimum Gasteiger partial charge on any atom is -0.477 e. The number of hydrogen-bond acceptors (Lipinski definition) is 9. The van der Waals surface area contributed by atoms with Crippen molar-refractivity contribution in [3.63, 3.8) is 0 Å². The van der Waals surface area contributed by atoms with Gasteiger partial charge in [-0.25, -0.2) is 0 Å². The van der Waals surface area contributed by atoms with Crippen LogP contribution in [0.15, 0.2) is 131 Å². The maximum absolute atomic E-state index is 6.06. The molecular formula is C36H22K2N2O3S4. The molecule has 220 valence electrons. The van der Waals surface area contributed by atoms with Gasteiger partial charge in [-0.05, 0) is 82.2 Å². The van der Waals surface area contributed by atoms with Gasteiger partial charge in [-0.3, -0.25) is 9.98 Å². The Bertz CT molecular complexity index is 1950. The number of nitrogens with zero attached hydrogens (tertiary/aromatic N) is 2. The summed E-state index contributed by atoms with van der Waals surface area (Å²) in [5, 5.41) is 4.10. The molecule has 0 amide bonds. The third-order valence-corrected chi connectivity index (χ3v) is 7.18. The van der Waals surface area contributed by atoms with Crippen LogP contribution in [0.25, 0.3) is 21.5 Å². The minimum atomic E-state index is 0. The van der Waals surface area contributed by atoms with Crippen LogP contribution in [-0.2, 0) is 25.3 Å². The van der Waals surface area contributed by atoms with Crippen molar-refractivity contribution < 1.29 is 117 Å². The van der Waals surface area contributed by atoms with Gasteiger partial charge < -0.3 is 63.9 Å². The molecule has 0 saturated carbocycles. The van der Waals surface area contributed by atoms with Gasteiger partial charge in [-0.1, -0.05) is 60.7 Å². The van der Waals surface area contributed by atoms with Gasteiger partial charge in [0.1, 0.15) is 23.0 Å². The van der Waals surface area contributed by atoms with E-state index in [2.05, 4.69) is 9.98 Å². The van der Waals surface area contributed by atoms with Crippen molar-refractivity contribution in [2.75, 3.05) is 0 Å². The van der Waals surface area contributed by atoms with E-state index in [1.165, 1.54) is 0 Å². The first-order valence-electron chi connectivity index (χ1n) is 13.7. The van der Waals surface area contributed by atoms with Gasteiger partial charge in [-0.15, -0.1) is 0 Å². The first-order chi connectivity index (χ1) is 21.9. The van der Waals surface area contributed by atoms with E-state index in [9.17, 15) is 0 Å². The molecule has 0 radical (unpaired) electrons. The molecule has 11 heteroatoms. The molecule has 0 aromatic heterocycles. The maximum Gasteiger partial charge on any atom is 1.00 e. The average molecular weight is 737 g/mol. The first kappa shape index (κ1) is 38.3. The van der Waals surface area contributed by atoms with E-state index in [-0.39, 0.29) is 112 Å². The SMILES string of the molecule is S=C([S-])Oc1ccc2ccccc2c1C=Nc1ccc(Oc2ccc(N=Cc3c(OC(=S)[S-])ccc4ccccc34)cc2)cc1.[K+].[K+]. The second-order valence-corrected chi connectivity index (χ2v) is 11.7. The van der Waals surface area contributed by atoms with Crippen LogP contribution in [0, 0.1) is 0 Å². The van der Waals surface area contributed by atoms with Gasteiger partial charge in [0, 0.05) is 32.3 Å². The van der Waals surface area contributed by atoms with Crippen LogP contribution in [0.2, 0.25) is 0 Å². The Morgan fingerprint density at radius 3 is 1.28 bits per heavy atom. The minimum absolute atomic E-state index is 0. The molecule has 6 aromatic carbocycles. The molecule has 0 unspecified atom stereocenters. The number of fused-ring (bicyclic) bond motifs is 2. The fourth-order valence-corrected chi connectivity index (χ4v) is 5.15. The fraction of sp³-hybridized carbons (Fsp3) is 0. The van der Waals surface area contributed by atoms with Gasteiger partial charge in [0.05, 0.1) is 11.4 Å². The van der Waals surface area contributed by atoms with E-state index in [0.29, 0.717) is 23.0 Å². The second kappa shape index (κ2) is 18.5. The van der Waals surface area contributed by atoms with Gasteiger partial charge in [0.25, 0.3) is 0 Å². The van der Waals surface area contributed by atoms with Gasteiger partial charge in [0.15, 0.2) is 0 Å². The number of rotatable bonds is 8. The third-order valence-electron chi connectivity index (χ3n) is 6.84. The van der Waals surface area contributed by atoms with E-state index in [0.717, 1.165) is 44.0 Å². The standard InChI is InChI=1S/C36H24N2O3S4.2K/c42-35(43)40-33-19-9-23-5-1-3-7-29(23)31(33)21-37-25-11-15-27(16-12-25)39-28-17-13-26(14-18-28)38-22-32-30-8-4-2-6-24(30)10-20-34(32)41-36(44)45;;/h1-22H,(H,42,43)(H,44,45);;/q;2*+1/p-2. The first-order valence-corrected chi connectivity index (χ1v) is 15.3. The Morgan fingerprint density at radius 2 is 0.894 bits per heavy atom. The Balaban J connectivity index is 0.00000250. The summed E-state index contributed by atoms with van der Waals surface area (Å²) >= 11 is 20.0. The number of hydrogen-bond donors (Lipinski definition) is 0. The fourth-order valence-electron chi connectivity index (χ4n) is 4.79. The average Bonchev–Trinajstić information content (AvgIpc) is 3.04. The molecule has 6 rings (SSSR count).